The number of benzene rings is 10. The minimum Gasteiger partial charge on any atom is -0.458 e. The Morgan fingerprint density at radius 2 is 1.14 bits per heavy atom. The van der Waals surface area contributed by atoms with Crippen molar-refractivity contribution in [2.24, 2.45) is 0 Å². The molecule has 0 N–H and O–H groups in total. The Bertz CT molecular complexity index is 5260. The lowest BCUT2D eigenvalue weighted by atomic mass is 9.83. The molecule has 0 atom stereocenters. The fraction of sp³-hybridized carbons (Fsp3) is 0.0833. The summed E-state index contributed by atoms with van der Waals surface area (Å²) >= 11 is 0. The van der Waals surface area contributed by atoms with Crippen molar-refractivity contribution in [2.75, 3.05) is 0 Å². The van der Waals surface area contributed by atoms with Gasteiger partial charge in [-0.05, 0) is 157 Å². The minimum atomic E-state index is -2.90. The zero-order valence-corrected chi connectivity index (χ0v) is 41.9. The predicted octanol–water partition coefficient (Wildman–Crippen LogP) is 18.2. The summed E-state index contributed by atoms with van der Waals surface area (Å²) in [5.41, 5.74) is 6.26. The Balaban J connectivity index is 1.10. The summed E-state index contributed by atoms with van der Waals surface area (Å²) in [5.74, 6) is 1.60. The van der Waals surface area contributed by atoms with Crippen LogP contribution in [-0.4, -0.2) is 14.1 Å². The maximum atomic E-state index is 9.43. The van der Waals surface area contributed by atoms with Crippen LogP contribution in [0.15, 0.2) is 236 Å². The van der Waals surface area contributed by atoms with E-state index in [9.17, 15) is 5.48 Å². The van der Waals surface area contributed by atoms with Crippen LogP contribution in [0.3, 0.4) is 0 Å². The number of aryl methyl sites for hydroxylation is 2. The third kappa shape index (κ3) is 7.68. The monoisotopic (exact) mass is 1010 g/mol. The van der Waals surface area contributed by atoms with Gasteiger partial charge in [-0.1, -0.05) is 190 Å². The molecule has 0 unspecified atom stereocenters. The molecule has 5 heteroatoms. The third-order valence-electron chi connectivity index (χ3n) is 14.5. The minimum absolute atomic E-state index is 0.111. The zero-order chi connectivity index (χ0) is 65.6. The van der Waals surface area contributed by atoms with Crippen LogP contribution in [0, 0.1) is 20.0 Å². The van der Waals surface area contributed by atoms with E-state index < -0.39 is 74.1 Å². The smallest absolute Gasteiger partial charge is 0.269 e. The number of pyridine rings is 1. The van der Waals surface area contributed by atoms with Crippen molar-refractivity contribution in [1.29, 1.82) is 0 Å². The molecule has 3 aromatic heterocycles. The number of hydrogen-bond donors (Lipinski definition) is 0. The van der Waals surface area contributed by atoms with Crippen molar-refractivity contribution in [3.05, 3.63) is 259 Å². The highest BCUT2D eigenvalue weighted by molar-refractivity contribution is 6.10. The van der Waals surface area contributed by atoms with Crippen LogP contribution in [0.4, 0.5) is 0 Å². The van der Waals surface area contributed by atoms with Crippen molar-refractivity contribution in [3.8, 4) is 95.5 Å². The van der Waals surface area contributed by atoms with Crippen molar-refractivity contribution in [2.45, 2.75) is 39.9 Å². The zero-order valence-electron chi connectivity index (χ0n) is 57.9. The van der Waals surface area contributed by atoms with Crippen molar-refractivity contribution in [3.63, 3.8) is 0 Å². The first-order valence-corrected chi connectivity index (χ1v) is 25.2. The van der Waals surface area contributed by atoms with Crippen LogP contribution < -0.4 is 9.30 Å². The molecule has 0 saturated heterocycles. The second kappa shape index (κ2) is 18.1. The van der Waals surface area contributed by atoms with Crippen molar-refractivity contribution < 1.29 is 31.2 Å². The van der Waals surface area contributed by atoms with E-state index in [1.54, 1.807) is 69.8 Å². The molecule has 0 aliphatic carbocycles. The van der Waals surface area contributed by atoms with Crippen molar-refractivity contribution >= 4 is 32.8 Å². The van der Waals surface area contributed by atoms with Gasteiger partial charge in [-0.15, -0.1) is 0 Å². The Morgan fingerprint density at radius 1 is 0.506 bits per heavy atom. The molecular weight excluding hydrogens is 937 g/mol. The summed E-state index contributed by atoms with van der Waals surface area (Å²) in [7, 11) is 0. The van der Waals surface area contributed by atoms with Gasteiger partial charge in [-0.2, -0.15) is 0 Å². The van der Waals surface area contributed by atoms with E-state index in [1.165, 1.54) is 18.2 Å². The lowest BCUT2D eigenvalue weighted by molar-refractivity contribution is -0.570. The largest absolute Gasteiger partial charge is 0.458 e. The number of imidazole rings is 1. The van der Waals surface area contributed by atoms with Gasteiger partial charge >= 0.3 is 0 Å². The predicted molar refractivity (Wildman–Crippen MR) is 317 cm³/mol. The van der Waals surface area contributed by atoms with Gasteiger partial charge in [0.15, 0.2) is 0 Å². The molecule has 0 bridgehead atoms. The molecule has 0 fully saturated rings. The van der Waals surface area contributed by atoms with Crippen molar-refractivity contribution in [1.82, 2.24) is 14.1 Å². The molecule has 0 saturated carbocycles. The number of rotatable bonds is 7. The number of ether oxygens (including phenoxy) is 1. The van der Waals surface area contributed by atoms with E-state index in [-0.39, 0.29) is 55.6 Å². The molecule has 14 rings (SSSR count). The Labute approximate surface area is 471 Å². The topological polar surface area (TPSA) is 35.9 Å². The van der Waals surface area contributed by atoms with Gasteiger partial charge in [0.05, 0.1) is 47.1 Å². The van der Waals surface area contributed by atoms with Gasteiger partial charge in [-0.3, -0.25) is 13.7 Å². The molecule has 0 spiro atoms. The van der Waals surface area contributed by atoms with E-state index in [0.717, 1.165) is 33.2 Å². The molecule has 0 amide bonds. The van der Waals surface area contributed by atoms with E-state index in [0.29, 0.717) is 61.6 Å². The maximum Gasteiger partial charge on any atom is 0.269 e. The molecule has 1 aliphatic heterocycles. The summed E-state index contributed by atoms with van der Waals surface area (Å²) in [6.07, 6.45) is 5.45. The van der Waals surface area contributed by atoms with Crippen LogP contribution in [0.25, 0.3) is 117 Å². The van der Waals surface area contributed by atoms with Gasteiger partial charge in [0.2, 0.25) is 0 Å². The second-order valence-corrected chi connectivity index (χ2v) is 20.1. The molecule has 0 radical (unpaired) electrons. The highest BCUT2D eigenvalue weighted by Gasteiger charge is 2.29. The lowest BCUT2D eigenvalue weighted by Gasteiger charge is -2.22. The average Bonchev–Trinajstić information content (AvgIpc) is 1.62. The van der Waals surface area contributed by atoms with E-state index >= 15 is 0 Å². The first-order valence-electron chi connectivity index (χ1n) is 33.2. The summed E-state index contributed by atoms with van der Waals surface area (Å²) in [4.78, 5) is 4.87. The van der Waals surface area contributed by atoms with Gasteiger partial charge in [-0.25, -0.2) is 4.98 Å². The molecule has 5 nitrogen and oxygen atoms in total. The first kappa shape index (κ1) is 32.0. The van der Waals surface area contributed by atoms with Crippen LogP contribution in [0.1, 0.15) is 59.4 Å². The number of nitrogens with zero attached hydrogens (tertiary/aromatic N) is 4. The summed E-state index contributed by atoms with van der Waals surface area (Å²) < 4.78 is 157. The molecule has 1 aliphatic rings. The maximum absolute atomic E-state index is 9.43. The number of aromatic nitrogens is 4. The Hall–Kier alpha value is -9.58. The SMILES string of the molecule is [2H]c1c([2H])c([2H])c(-c2cc3c4c(c2)n(-c2cccc(Oc5ccc6c7ccccc7n(-c7cc(C(C)(C)C)ccn7)c6c5)c2)[c-][n+]4-c2c(cccc2-c2c(C([2H])([2H])[2H])cccc2C([2H])([2H])[2H])-c2c(cccc2-c2c([2H])c([2H])c([2H])c([2H])c2[2H])-c2ccccc2-3)c([2H])c1[2H]. The fourth-order valence-corrected chi connectivity index (χ4v) is 11.1. The van der Waals surface area contributed by atoms with E-state index in [1.807, 2.05) is 79.0 Å². The quantitative estimate of drug-likeness (QED) is 0.118. The van der Waals surface area contributed by atoms with Crippen LogP contribution in [0.2, 0.25) is 0 Å². The molecule has 4 heterocycles. The second-order valence-electron chi connectivity index (χ2n) is 20.1. The number of hydrogen-bond acceptors (Lipinski definition) is 2. The number of para-hydroxylation sites is 2. The Morgan fingerprint density at radius 3 is 1.91 bits per heavy atom. The van der Waals surface area contributed by atoms with Crippen LogP contribution in [-0.2, 0) is 5.41 Å². The normalized spacial score (nSPS) is 15.3. The van der Waals surface area contributed by atoms with Crippen LogP contribution >= 0.6 is 0 Å². The molecule has 13 aromatic rings. The van der Waals surface area contributed by atoms with E-state index in [2.05, 4.69) is 49.9 Å². The molecule has 77 heavy (non-hydrogen) atoms. The van der Waals surface area contributed by atoms with Crippen LogP contribution in [0.5, 0.6) is 11.5 Å². The molecular formula is C72H54N4O. The summed E-state index contributed by atoms with van der Waals surface area (Å²) in [6, 6.07) is 45.0. The standard InChI is InChI=1S/C72H54N4O/c1-46-20-16-21-47(2)68(46)61-33-19-34-62-69-55(49-24-10-7-11-25-49)31-18-32-60(69)56-28-12-13-29-57(56)63-40-50(48-22-8-6-9-23-48)41-66-71(63)75(70(61)62)45-74(66)52-26-17-27-53(43-52)77-54-36-37-59-58-30-14-15-35-64(58)76(65(59)44-54)67-42-51(38-39-73-67)72(3,4)5/h6-44H,1-5H3/i1D3,2D3,6D,7D,8D,9D,10D,11D,22D,23D,24D,25D. The van der Waals surface area contributed by atoms with Gasteiger partial charge in [0, 0.05) is 31.3 Å². The first-order chi connectivity index (χ1) is 44.2. The average molecular weight is 1010 g/mol. The third-order valence-corrected chi connectivity index (χ3v) is 14.5. The molecule has 368 valence electrons. The highest BCUT2D eigenvalue weighted by atomic mass is 16.5. The van der Waals surface area contributed by atoms with Gasteiger partial charge in [0.25, 0.3) is 6.33 Å². The lowest BCUT2D eigenvalue weighted by Crippen LogP contribution is -2.32. The highest BCUT2D eigenvalue weighted by Crippen LogP contribution is 2.50. The van der Waals surface area contributed by atoms with E-state index in [4.69, 9.17) is 26.2 Å². The Kier molecular flexibility index (Phi) is 7.51. The molecule has 10 aromatic carbocycles. The summed E-state index contributed by atoms with van der Waals surface area (Å²) in [6.45, 7) is 0.673. The van der Waals surface area contributed by atoms with Gasteiger partial charge < -0.3 is 4.74 Å². The number of fused-ring (bicyclic) bond motifs is 10. The van der Waals surface area contributed by atoms with Gasteiger partial charge in [0.1, 0.15) is 17.3 Å². The summed E-state index contributed by atoms with van der Waals surface area (Å²) in [5, 5.41) is 2.00. The fourth-order valence-electron chi connectivity index (χ4n) is 11.1.